The number of carbonyl (C=O) groups is 2. The molecular weight excluding hydrogens is 600 g/mol. The molecule has 0 unspecified atom stereocenters. The van der Waals surface area contributed by atoms with Crippen LogP contribution in [-0.2, 0) is 36.8 Å². The van der Waals surface area contributed by atoms with E-state index in [-0.39, 0.29) is 31.6 Å². The number of hydrogen-bond acceptors (Lipinski definition) is 6. The molecule has 0 radical (unpaired) electrons. The minimum absolute atomic E-state index is 0.0693. The lowest BCUT2D eigenvalue weighted by Crippen LogP contribution is -2.40. The van der Waals surface area contributed by atoms with E-state index in [9.17, 15) is 9.59 Å². The predicted octanol–water partition coefficient (Wildman–Crippen LogP) is 9.05. The SMILES string of the molecule is CCCC(C/C=C1\C[C@@](COCc2ccccc2)(COC(=O)CCc2cc3cc(C#Cc4ccc(C)cc4)ccc3o2)OC1=O)CCC. The van der Waals surface area contributed by atoms with Crippen LogP contribution in [0.25, 0.3) is 11.0 Å². The summed E-state index contributed by atoms with van der Waals surface area (Å²) in [5.74, 6) is 6.91. The van der Waals surface area contributed by atoms with E-state index in [1.807, 2.05) is 84.9 Å². The monoisotopic (exact) mass is 646 g/mol. The van der Waals surface area contributed by atoms with Crippen LogP contribution in [0.2, 0.25) is 0 Å². The van der Waals surface area contributed by atoms with Crippen molar-refractivity contribution in [2.75, 3.05) is 13.2 Å². The molecule has 5 rings (SSSR count). The normalized spacial score (nSPS) is 16.7. The average Bonchev–Trinajstić information content (AvgIpc) is 3.65. The fourth-order valence-electron chi connectivity index (χ4n) is 6.10. The molecule has 0 amide bonds. The number of furan rings is 1. The van der Waals surface area contributed by atoms with Crippen molar-refractivity contribution in [3.05, 3.63) is 119 Å². The van der Waals surface area contributed by atoms with E-state index in [0.717, 1.165) is 59.8 Å². The molecule has 1 fully saturated rings. The summed E-state index contributed by atoms with van der Waals surface area (Å²) < 4.78 is 23.7. The first-order chi connectivity index (χ1) is 23.3. The average molecular weight is 647 g/mol. The van der Waals surface area contributed by atoms with Crippen LogP contribution in [-0.4, -0.2) is 30.8 Å². The van der Waals surface area contributed by atoms with Crippen LogP contribution in [0.1, 0.15) is 86.8 Å². The molecule has 0 spiro atoms. The smallest absolute Gasteiger partial charge is 0.334 e. The summed E-state index contributed by atoms with van der Waals surface area (Å²) in [6, 6.07) is 25.7. The van der Waals surface area contributed by atoms with Crippen LogP contribution >= 0.6 is 0 Å². The Bertz CT molecular complexity index is 1750. The Hall–Kier alpha value is -4.60. The zero-order chi connectivity index (χ0) is 33.8. The van der Waals surface area contributed by atoms with E-state index >= 15 is 0 Å². The first-order valence-electron chi connectivity index (χ1n) is 17.2. The van der Waals surface area contributed by atoms with Gasteiger partial charge in [-0.15, -0.1) is 0 Å². The quantitative estimate of drug-likeness (QED) is 0.0729. The van der Waals surface area contributed by atoms with Gasteiger partial charge >= 0.3 is 11.9 Å². The van der Waals surface area contributed by atoms with Crippen LogP contribution in [0.5, 0.6) is 0 Å². The first-order valence-corrected chi connectivity index (χ1v) is 17.2. The first kappa shape index (κ1) is 34.7. The maximum atomic E-state index is 13.0. The number of esters is 2. The Morgan fingerprint density at radius 1 is 0.938 bits per heavy atom. The molecule has 48 heavy (non-hydrogen) atoms. The highest BCUT2D eigenvalue weighted by Gasteiger charge is 2.45. The van der Waals surface area contributed by atoms with Gasteiger partial charge in [-0.05, 0) is 61.2 Å². The minimum Gasteiger partial charge on any atom is -0.461 e. The number of ether oxygens (including phenoxy) is 3. The fraction of sp³-hybridized carbons (Fsp3) is 0.381. The van der Waals surface area contributed by atoms with Gasteiger partial charge in [0.2, 0.25) is 0 Å². The Morgan fingerprint density at radius 3 is 2.42 bits per heavy atom. The zero-order valence-electron chi connectivity index (χ0n) is 28.4. The molecule has 1 atom stereocenters. The van der Waals surface area contributed by atoms with Gasteiger partial charge in [-0.1, -0.05) is 105 Å². The highest BCUT2D eigenvalue weighted by Crippen LogP contribution is 2.34. The van der Waals surface area contributed by atoms with Gasteiger partial charge in [-0.25, -0.2) is 4.79 Å². The number of carbonyl (C=O) groups excluding carboxylic acids is 2. The highest BCUT2D eigenvalue weighted by molar-refractivity contribution is 5.91. The van der Waals surface area contributed by atoms with E-state index in [1.54, 1.807) is 0 Å². The van der Waals surface area contributed by atoms with E-state index in [2.05, 4.69) is 32.6 Å². The molecule has 6 nitrogen and oxygen atoms in total. The summed E-state index contributed by atoms with van der Waals surface area (Å²) in [6.45, 7) is 6.87. The second kappa shape index (κ2) is 17.0. The van der Waals surface area contributed by atoms with Crippen LogP contribution in [0, 0.1) is 24.7 Å². The van der Waals surface area contributed by atoms with Crippen molar-refractivity contribution >= 4 is 22.9 Å². The molecule has 1 aromatic heterocycles. The summed E-state index contributed by atoms with van der Waals surface area (Å²) in [7, 11) is 0. The van der Waals surface area contributed by atoms with Crippen molar-refractivity contribution in [3.8, 4) is 11.8 Å². The van der Waals surface area contributed by atoms with Crippen molar-refractivity contribution in [3.63, 3.8) is 0 Å². The maximum Gasteiger partial charge on any atom is 0.334 e. The third-order valence-electron chi connectivity index (χ3n) is 8.69. The van der Waals surface area contributed by atoms with Crippen molar-refractivity contribution in [1.29, 1.82) is 0 Å². The summed E-state index contributed by atoms with van der Waals surface area (Å²) in [5, 5.41) is 0.931. The Morgan fingerprint density at radius 2 is 1.67 bits per heavy atom. The molecule has 0 saturated carbocycles. The van der Waals surface area contributed by atoms with Gasteiger partial charge in [0.05, 0.1) is 19.6 Å². The molecular formula is C42H46O6. The van der Waals surface area contributed by atoms with Crippen molar-refractivity contribution in [1.82, 2.24) is 0 Å². The zero-order valence-corrected chi connectivity index (χ0v) is 28.4. The Labute approximate surface area is 284 Å². The van der Waals surface area contributed by atoms with Gasteiger partial charge < -0.3 is 18.6 Å². The van der Waals surface area contributed by atoms with Crippen LogP contribution in [0.3, 0.4) is 0 Å². The molecule has 0 aliphatic carbocycles. The topological polar surface area (TPSA) is 75.0 Å². The molecule has 4 aromatic rings. The van der Waals surface area contributed by atoms with E-state index < -0.39 is 5.60 Å². The predicted molar refractivity (Wildman–Crippen MR) is 188 cm³/mol. The van der Waals surface area contributed by atoms with E-state index in [1.165, 1.54) is 5.56 Å². The summed E-state index contributed by atoms with van der Waals surface area (Å²) in [4.78, 5) is 26.0. The third-order valence-corrected chi connectivity index (χ3v) is 8.69. The number of allylic oxidation sites excluding steroid dienone is 1. The number of rotatable bonds is 15. The molecule has 1 aliphatic heterocycles. The Kier molecular flexibility index (Phi) is 12.3. The van der Waals surface area contributed by atoms with Gasteiger partial charge in [-0.2, -0.15) is 0 Å². The second-order valence-corrected chi connectivity index (χ2v) is 12.9. The number of fused-ring (bicyclic) bond motifs is 1. The second-order valence-electron chi connectivity index (χ2n) is 12.9. The lowest BCUT2D eigenvalue weighted by Gasteiger charge is -2.26. The third kappa shape index (κ3) is 9.95. The van der Waals surface area contributed by atoms with E-state index in [4.69, 9.17) is 18.6 Å². The molecule has 0 bridgehead atoms. The maximum absolute atomic E-state index is 13.0. The standard InChI is InChI=1S/C42H46O6/c1-4-9-32(10-5-2)19-21-36-27-42(48-41(36)44,29-45-28-35-11-7-6-8-12-35)30-46-40(43)24-22-38-26-37-25-34(20-23-39(37)47-38)18-17-33-15-13-31(3)14-16-33/h6-8,11-16,20-21,23,25-26,32H,4-5,9-10,19,22,24,27-30H2,1-3H3/b36-21+/t42-/m1/s1. The van der Waals surface area contributed by atoms with Gasteiger partial charge in [0, 0.05) is 34.9 Å². The number of aryl methyl sites for hydroxylation is 2. The van der Waals surface area contributed by atoms with Crippen LogP contribution in [0.15, 0.2) is 94.9 Å². The fourth-order valence-corrected chi connectivity index (χ4v) is 6.10. The number of hydrogen-bond donors (Lipinski definition) is 0. The number of cyclic esters (lactones) is 1. The van der Waals surface area contributed by atoms with Gasteiger partial charge in [-0.3, -0.25) is 4.79 Å². The van der Waals surface area contributed by atoms with Crippen LogP contribution < -0.4 is 0 Å². The molecule has 1 aliphatic rings. The van der Waals surface area contributed by atoms with Gasteiger partial charge in [0.15, 0.2) is 5.60 Å². The van der Waals surface area contributed by atoms with Gasteiger partial charge in [0.25, 0.3) is 0 Å². The summed E-state index contributed by atoms with van der Waals surface area (Å²) >= 11 is 0. The molecule has 1 saturated heterocycles. The van der Waals surface area contributed by atoms with Crippen molar-refractivity contribution < 1.29 is 28.2 Å². The van der Waals surface area contributed by atoms with Crippen molar-refractivity contribution in [2.45, 2.75) is 84.3 Å². The molecule has 0 N–H and O–H groups in total. The largest absolute Gasteiger partial charge is 0.461 e. The van der Waals surface area contributed by atoms with Crippen LogP contribution in [0.4, 0.5) is 0 Å². The summed E-state index contributed by atoms with van der Waals surface area (Å²) in [5.41, 5.74) is 4.38. The lowest BCUT2D eigenvalue weighted by molar-refractivity contribution is -0.169. The molecule has 2 heterocycles. The Balaban J connectivity index is 1.19. The number of benzene rings is 3. The van der Waals surface area contributed by atoms with Crippen molar-refractivity contribution in [2.24, 2.45) is 5.92 Å². The minimum atomic E-state index is -1.06. The molecule has 3 aromatic carbocycles. The highest BCUT2D eigenvalue weighted by atomic mass is 16.6. The molecule has 250 valence electrons. The lowest BCUT2D eigenvalue weighted by atomic mass is 9.92. The molecule has 6 heteroatoms. The summed E-state index contributed by atoms with van der Waals surface area (Å²) in [6.07, 6.45) is 8.22. The van der Waals surface area contributed by atoms with E-state index in [0.29, 0.717) is 36.7 Å². The van der Waals surface area contributed by atoms with Gasteiger partial charge in [0.1, 0.15) is 18.0 Å².